The Kier molecular flexibility index (Phi) is 4.34. The predicted octanol–water partition coefficient (Wildman–Crippen LogP) is 2.39. The molecule has 1 aliphatic rings. The number of hydrogen-bond donors (Lipinski definition) is 1. The van der Waals surface area contributed by atoms with E-state index in [1.54, 1.807) is 0 Å². The average molecular weight is 254 g/mol. The summed E-state index contributed by atoms with van der Waals surface area (Å²) in [5.74, 6) is 0.975. The second kappa shape index (κ2) is 5.78. The number of nitrogens with one attached hydrogen (secondary N) is 1. The summed E-state index contributed by atoms with van der Waals surface area (Å²) in [6, 6.07) is 1.37. The summed E-state index contributed by atoms with van der Waals surface area (Å²) in [6.07, 6.45) is 4.81. The molecule has 1 saturated carbocycles. The van der Waals surface area contributed by atoms with Gasteiger partial charge in [0.15, 0.2) is 0 Å². The van der Waals surface area contributed by atoms with Crippen molar-refractivity contribution in [1.82, 2.24) is 14.3 Å². The van der Waals surface area contributed by atoms with Crippen molar-refractivity contribution in [3.05, 3.63) is 5.82 Å². The Balaban J connectivity index is 1.75. The van der Waals surface area contributed by atoms with Crippen molar-refractivity contribution in [2.45, 2.75) is 51.6 Å². The van der Waals surface area contributed by atoms with Crippen LogP contribution in [0, 0.1) is 0 Å². The van der Waals surface area contributed by atoms with Crippen LogP contribution in [0.5, 0.6) is 0 Å². The van der Waals surface area contributed by atoms with Gasteiger partial charge in [-0.3, -0.25) is 4.90 Å². The zero-order chi connectivity index (χ0) is 12.3. The Labute approximate surface area is 108 Å². The van der Waals surface area contributed by atoms with E-state index in [-0.39, 0.29) is 0 Å². The van der Waals surface area contributed by atoms with E-state index in [0.717, 1.165) is 36.4 Å². The molecule has 2 rings (SSSR count). The number of anilines is 1. The minimum absolute atomic E-state index is 0.557. The number of aromatic nitrogens is 2. The standard InChI is InChI=1S/C12H22N4S/c1-4-5-11-14-12(17-15-11)13-8-9(2)16(3)10-6-7-10/h9-10H,4-8H2,1-3H3,(H,13,14,15). The minimum Gasteiger partial charge on any atom is -0.359 e. The van der Waals surface area contributed by atoms with Gasteiger partial charge < -0.3 is 5.32 Å². The molecule has 5 heteroatoms. The van der Waals surface area contributed by atoms with Crippen molar-refractivity contribution in [3.63, 3.8) is 0 Å². The third-order valence-electron chi connectivity index (χ3n) is 3.31. The van der Waals surface area contributed by atoms with E-state index in [1.165, 1.54) is 24.4 Å². The number of aryl methyl sites for hydroxylation is 1. The lowest BCUT2D eigenvalue weighted by molar-refractivity contribution is 0.257. The zero-order valence-corrected chi connectivity index (χ0v) is 11.8. The monoisotopic (exact) mass is 254 g/mol. The second-order valence-electron chi connectivity index (χ2n) is 4.89. The molecule has 17 heavy (non-hydrogen) atoms. The van der Waals surface area contributed by atoms with Crippen LogP contribution in [0.15, 0.2) is 0 Å². The molecule has 4 nitrogen and oxygen atoms in total. The summed E-state index contributed by atoms with van der Waals surface area (Å²) in [7, 11) is 2.21. The van der Waals surface area contributed by atoms with E-state index in [0.29, 0.717) is 6.04 Å². The molecule has 0 aliphatic heterocycles. The fourth-order valence-corrected chi connectivity index (χ4v) is 2.49. The van der Waals surface area contributed by atoms with Gasteiger partial charge in [-0.2, -0.15) is 4.37 Å². The van der Waals surface area contributed by atoms with Crippen LogP contribution in [0.4, 0.5) is 5.13 Å². The lowest BCUT2D eigenvalue weighted by Crippen LogP contribution is -2.36. The zero-order valence-electron chi connectivity index (χ0n) is 10.9. The van der Waals surface area contributed by atoms with Crippen LogP contribution in [0.2, 0.25) is 0 Å². The predicted molar refractivity (Wildman–Crippen MR) is 72.6 cm³/mol. The van der Waals surface area contributed by atoms with E-state index in [2.05, 4.69) is 40.5 Å². The van der Waals surface area contributed by atoms with Gasteiger partial charge in [-0.05, 0) is 33.2 Å². The number of likely N-dealkylation sites (N-methyl/N-ethyl adjacent to an activating group) is 1. The summed E-state index contributed by atoms with van der Waals surface area (Å²) in [6.45, 7) is 5.37. The van der Waals surface area contributed by atoms with Gasteiger partial charge in [-0.25, -0.2) is 4.98 Å². The van der Waals surface area contributed by atoms with E-state index >= 15 is 0 Å². The van der Waals surface area contributed by atoms with Gasteiger partial charge in [-0.15, -0.1) is 0 Å². The molecule has 0 amide bonds. The van der Waals surface area contributed by atoms with Gasteiger partial charge in [-0.1, -0.05) is 6.92 Å². The summed E-state index contributed by atoms with van der Waals surface area (Å²) < 4.78 is 4.33. The van der Waals surface area contributed by atoms with Crippen molar-refractivity contribution < 1.29 is 0 Å². The highest BCUT2D eigenvalue weighted by molar-refractivity contribution is 7.09. The summed E-state index contributed by atoms with van der Waals surface area (Å²) >= 11 is 1.48. The molecule has 1 aliphatic carbocycles. The van der Waals surface area contributed by atoms with Crippen LogP contribution >= 0.6 is 11.5 Å². The first-order valence-corrected chi connectivity index (χ1v) is 7.26. The summed E-state index contributed by atoms with van der Waals surface area (Å²) in [5.41, 5.74) is 0. The Morgan fingerprint density at radius 2 is 2.29 bits per heavy atom. The Bertz CT molecular complexity index is 348. The molecule has 0 aromatic carbocycles. The average Bonchev–Trinajstić information content (AvgIpc) is 3.08. The van der Waals surface area contributed by atoms with Crippen LogP contribution < -0.4 is 5.32 Å². The van der Waals surface area contributed by atoms with Crippen molar-refractivity contribution >= 4 is 16.7 Å². The molecule has 0 radical (unpaired) electrons. The molecule has 0 bridgehead atoms. The third kappa shape index (κ3) is 3.64. The summed E-state index contributed by atoms with van der Waals surface area (Å²) in [5, 5.41) is 4.35. The Hall–Kier alpha value is -0.680. The van der Waals surface area contributed by atoms with Gasteiger partial charge in [0.05, 0.1) is 0 Å². The van der Waals surface area contributed by atoms with Crippen LogP contribution in [-0.4, -0.2) is 39.9 Å². The molecule has 96 valence electrons. The van der Waals surface area contributed by atoms with Gasteiger partial charge in [0.25, 0.3) is 0 Å². The van der Waals surface area contributed by atoms with E-state index < -0.39 is 0 Å². The molecular weight excluding hydrogens is 232 g/mol. The number of hydrogen-bond acceptors (Lipinski definition) is 5. The Morgan fingerprint density at radius 1 is 1.53 bits per heavy atom. The van der Waals surface area contributed by atoms with Crippen LogP contribution in [0.1, 0.15) is 38.9 Å². The maximum absolute atomic E-state index is 4.47. The number of rotatable bonds is 7. The van der Waals surface area contributed by atoms with Crippen molar-refractivity contribution in [1.29, 1.82) is 0 Å². The maximum atomic E-state index is 4.47. The van der Waals surface area contributed by atoms with Crippen molar-refractivity contribution in [2.24, 2.45) is 0 Å². The molecule has 1 aromatic rings. The van der Waals surface area contributed by atoms with Gasteiger partial charge in [0.2, 0.25) is 5.13 Å². The second-order valence-corrected chi connectivity index (χ2v) is 5.64. The van der Waals surface area contributed by atoms with E-state index in [4.69, 9.17) is 0 Å². The Morgan fingerprint density at radius 3 is 2.94 bits per heavy atom. The van der Waals surface area contributed by atoms with Crippen molar-refractivity contribution in [2.75, 3.05) is 18.9 Å². The lowest BCUT2D eigenvalue weighted by atomic mass is 10.3. The van der Waals surface area contributed by atoms with Crippen molar-refractivity contribution in [3.8, 4) is 0 Å². The lowest BCUT2D eigenvalue weighted by Gasteiger charge is -2.24. The summed E-state index contributed by atoms with van der Waals surface area (Å²) in [4.78, 5) is 6.93. The third-order valence-corrected chi connectivity index (χ3v) is 4.02. The fraction of sp³-hybridized carbons (Fsp3) is 0.833. The molecule has 1 fully saturated rings. The first-order valence-electron chi connectivity index (χ1n) is 6.49. The SMILES string of the molecule is CCCc1nsc(NCC(C)N(C)C2CC2)n1. The molecule has 1 unspecified atom stereocenters. The first kappa shape index (κ1) is 12.8. The highest BCUT2D eigenvalue weighted by atomic mass is 32.1. The molecule has 1 heterocycles. The normalized spacial score (nSPS) is 17.4. The highest BCUT2D eigenvalue weighted by Gasteiger charge is 2.28. The molecule has 0 spiro atoms. The fourth-order valence-electron chi connectivity index (χ4n) is 1.87. The van der Waals surface area contributed by atoms with Gasteiger partial charge >= 0.3 is 0 Å². The van der Waals surface area contributed by atoms with Crippen LogP contribution in [0.3, 0.4) is 0 Å². The minimum atomic E-state index is 0.557. The molecule has 1 aromatic heterocycles. The van der Waals surface area contributed by atoms with E-state index in [9.17, 15) is 0 Å². The quantitative estimate of drug-likeness (QED) is 0.811. The molecular formula is C12H22N4S. The number of nitrogens with zero attached hydrogens (tertiary/aromatic N) is 3. The van der Waals surface area contributed by atoms with E-state index in [1.807, 2.05) is 0 Å². The van der Waals surface area contributed by atoms with Crippen LogP contribution in [-0.2, 0) is 6.42 Å². The smallest absolute Gasteiger partial charge is 0.202 e. The highest BCUT2D eigenvalue weighted by Crippen LogP contribution is 2.27. The molecule has 1 N–H and O–H groups in total. The first-order chi connectivity index (χ1) is 8.20. The largest absolute Gasteiger partial charge is 0.359 e. The van der Waals surface area contributed by atoms with Crippen LogP contribution in [0.25, 0.3) is 0 Å². The molecule has 0 saturated heterocycles. The topological polar surface area (TPSA) is 41.1 Å². The maximum Gasteiger partial charge on any atom is 0.202 e. The van der Waals surface area contributed by atoms with Gasteiger partial charge in [0, 0.05) is 36.6 Å². The van der Waals surface area contributed by atoms with Gasteiger partial charge in [0.1, 0.15) is 5.82 Å². The molecule has 1 atom stereocenters.